The lowest BCUT2D eigenvalue weighted by atomic mass is 10.2. The number of rotatable bonds is 6. The molecule has 2 N–H and O–H groups in total. The maximum absolute atomic E-state index is 5.30. The Morgan fingerprint density at radius 2 is 2.12 bits per heavy atom. The zero-order valence-electron chi connectivity index (χ0n) is 9.48. The quantitative estimate of drug-likeness (QED) is 0.342. The fourth-order valence-corrected chi connectivity index (χ4v) is 1.28. The number of nitrogens with two attached hydrogens (primary N) is 1. The van der Waals surface area contributed by atoms with Crippen LogP contribution in [-0.2, 0) is 9.57 Å². The molecule has 0 unspecified atom stereocenters. The summed E-state index contributed by atoms with van der Waals surface area (Å²) in [5, 5.41) is 1.56. The molecule has 0 amide bonds. The van der Waals surface area contributed by atoms with E-state index in [2.05, 4.69) is 25.7 Å². The minimum atomic E-state index is -0.0685. The van der Waals surface area contributed by atoms with E-state index in [-0.39, 0.29) is 10.3 Å². The van der Waals surface area contributed by atoms with Crippen LogP contribution in [0.3, 0.4) is 0 Å². The molecule has 0 aromatic carbocycles. The van der Waals surface area contributed by atoms with Crippen LogP contribution >= 0.6 is 24.4 Å². The van der Waals surface area contributed by atoms with Gasteiger partial charge in [0.05, 0.1) is 6.54 Å². The monoisotopic (exact) mass is 262 g/mol. The van der Waals surface area contributed by atoms with Crippen molar-refractivity contribution in [2.75, 3.05) is 13.2 Å². The molecule has 0 saturated heterocycles. The maximum atomic E-state index is 5.30. The highest BCUT2D eigenvalue weighted by Gasteiger charge is 2.12. The first-order valence-corrected chi connectivity index (χ1v) is 5.96. The third kappa shape index (κ3) is 7.42. The molecule has 0 aliphatic heterocycles. The number of thiocarbonyl (C=S) groups is 2. The molecule has 0 aromatic rings. The first kappa shape index (κ1) is 15.1. The maximum Gasteiger partial charge on any atom is 0.293 e. The zero-order valence-corrected chi connectivity index (χ0v) is 11.1. The molecule has 16 heavy (non-hydrogen) atoms. The Bertz CT molecular complexity index is 247. The van der Waals surface area contributed by atoms with Gasteiger partial charge < -0.3 is 15.3 Å². The molecule has 0 saturated carbocycles. The third-order valence-corrected chi connectivity index (χ3v) is 2.09. The predicted octanol–water partition coefficient (Wildman–Crippen LogP) is 2.14. The molecule has 4 nitrogen and oxygen atoms in total. The number of hydroxylamine groups is 2. The van der Waals surface area contributed by atoms with E-state index in [9.17, 15) is 0 Å². The lowest BCUT2D eigenvalue weighted by Gasteiger charge is -2.22. The largest absolute Gasteiger partial charge is 0.465 e. The molecule has 0 heterocycles. The van der Waals surface area contributed by atoms with Crippen molar-refractivity contribution in [3.05, 3.63) is 12.7 Å². The summed E-state index contributed by atoms with van der Waals surface area (Å²) in [5.41, 5.74) is 5.30. The molecule has 6 heteroatoms. The summed E-state index contributed by atoms with van der Waals surface area (Å²) < 4.78 is 5.18. The second kappa shape index (κ2) is 9.35. The van der Waals surface area contributed by atoms with E-state index < -0.39 is 0 Å². The number of hydrogen-bond acceptors (Lipinski definition) is 4. The van der Waals surface area contributed by atoms with Crippen LogP contribution in [0.1, 0.15) is 26.2 Å². The normalized spacial score (nSPS) is 9.31. The van der Waals surface area contributed by atoms with Gasteiger partial charge in [0.25, 0.3) is 10.3 Å². The molecule has 92 valence electrons. The number of nitrogens with zero attached hydrogens (tertiary/aromatic N) is 1. The van der Waals surface area contributed by atoms with Gasteiger partial charge in [0, 0.05) is 0 Å². The van der Waals surface area contributed by atoms with Gasteiger partial charge in [-0.1, -0.05) is 32.4 Å². The van der Waals surface area contributed by atoms with E-state index in [1.807, 2.05) is 0 Å². The number of unbranched alkanes of at least 4 members (excludes halogenated alkanes) is 2. The van der Waals surface area contributed by atoms with Gasteiger partial charge in [-0.15, -0.1) is 0 Å². The van der Waals surface area contributed by atoms with E-state index in [1.54, 1.807) is 6.08 Å². The van der Waals surface area contributed by atoms with Gasteiger partial charge in [0.2, 0.25) is 0 Å². The predicted molar refractivity (Wildman–Crippen MR) is 72.8 cm³/mol. The first-order valence-electron chi connectivity index (χ1n) is 5.14. The van der Waals surface area contributed by atoms with Crippen LogP contribution < -0.4 is 5.73 Å². The van der Waals surface area contributed by atoms with Crippen molar-refractivity contribution in [3.63, 3.8) is 0 Å². The lowest BCUT2D eigenvalue weighted by Crippen LogP contribution is -2.36. The molecule has 0 rings (SSSR count). The van der Waals surface area contributed by atoms with Crippen LogP contribution in [0.4, 0.5) is 0 Å². The molecule has 0 bridgehead atoms. The Morgan fingerprint density at radius 3 is 2.62 bits per heavy atom. The van der Waals surface area contributed by atoms with Crippen LogP contribution in [0.2, 0.25) is 0 Å². The topological polar surface area (TPSA) is 47.7 Å². The molecule has 0 fully saturated rings. The van der Waals surface area contributed by atoms with Gasteiger partial charge in [-0.25, -0.2) is 0 Å². The van der Waals surface area contributed by atoms with E-state index >= 15 is 0 Å². The Morgan fingerprint density at radius 1 is 1.44 bits per heavy atom. The lowest BCUT2D eigenvalue weighted by molar-refractivity contribution is -0.0170. The molecular formula is C10H18N2O2S2. The fraction of sp³-hybridized carbons (Fsp3) is 0.600. The van der Waals surface area contributed by atoms with E-state index in [1.165, 1.54) is 5.06 Å². The fourth-order valence-electron chi connectivity index (χ4n) is 0.990. The molecule has 0 aliphatic carbocycles. The van der Waals surface area contributed by atoms with Gasteiger partial charge in [0.15, 0.2) is 0 Å². The third-order valence-electron chi connectivity index (χ3n) is 1.69. The van der Waals surface area contributed by atoms with Crippen molar-refractivity contribution in [2.24, 2.45) is 5.73 Å². The second-order valence-electron chi connectivity index (χ2n) is 3.09. The second-order valence-corrected chi connectivity index (χ2v) is 3.84. The van der Waals surface area contributed by atoms with Crippen LogP contribution in [0.5, 0.6) is 0 Å². The van der Waals surface area contributed by atoms with Crippen LogP contribution in [-0.4, -0.2) is 28.6 Å². The molecular weight excluding hydrogens is 244 g/mol. The zero-order chi connectivity index (χ0) is 12.4. The Hall–Kier alpha value is -0.880. The summed E-state index contributed by atoms with van der Waals surface area (Å²) >= 11 is 9.69. The molecule has 0 spiro atoms. The summed E-state index contributed by atoms with van der Waals surface area (Å²) in [6, 6.07) is 0. The SMILES string of the molecule is C=CCOC(=S)N(CCCCC)OC(N)=S. The van der Waals surface area contributed by atoms with Gasteiger partial charge >= 0.3 is 0 Å². The minimum Gasteiger partial charge on any atom is -0.465 e. The van der Waals surface area contributed by atoms with Crippen molar-refractivity contribution < 1.29 is 9.57 Å². The summed E-state index contributed by atoms with van der Waals surface area (Å²) in [4.78, 5) is 5.10. The first-order chi connectivity index (χ1) is 7.61. The van der Waals surface area contributed by atoms with Crippen molar-refractivity contribution in [2.45, 2.75) is 26.2 Å². The van der Waals surface area contributed by atoms with Crippen LogP contribution in [0.15, 0.2) is 12.7 Å². The average molecular weight is 262 g/mol. The van der Waals surface area contributed by atoms with E-state index in [0.29, 0.717) is 13.2 Å². The highest BCUT2D eigenvalue weighted by molar-refractivity contribution is 7.80. The van der Waals surface area contributed by atoms with Crippen molar-refractivity contribution in [3.8, 4) is 0 Å². The van der Waals surface area contributed by atoms with E-state index in [0.717, 1.165) is 19.3 Å². The van der Waals surface area contributed by atoms with Gasteiger partial charge in [-0.05, 0) is 30.9 Å². The Balaban J connectivity index is 4.11. The van der Waals surface area contributed by atoms with Gasteiger partial charge in [-0.2, -0.15) is 5.06 Å². The van der Waals surface area contributed by atoms with Crippen LogP contribution in [0, 0.1) is 0 Å². The summed E-state index contributed by atoms with van der Waals surface area (Å²) in [7, 11) is 0. The summed E-state index contributed by atoms with van der Waals surface area (Å²) in [5.74, 6) is 0. The molecule has 0 radical (unpaired) electrons. The summed E-state index contributed by atoms with van der Waals surface area (Å²) in [6.45, 7) is 6.60. The van der Waals surface area contributed by atoms with Crippen molar-refractivity contribution in [1.29, 1.82) is 0 Å². The van der Waals surface area contributed by atoms with Crippen molar-refractivity contribution in [1.82, 2.24) is 5.06 Å². The Kier molecular flexibility index (Phi) is 8.84. The highest BCUT2D eigenvalue weighted by atomic mass is 32.1. The standard InChI is InChI=1S/C10H18N2O2S2/c1-3-5-6-7-12(14-9(11)15)10(16)13-8-4-2/h4H,2-3,5-8H2,1H3,(H2,11,15). The van der Waals surface area contributed by atoms with Crippen molar-refractivity contribution >= 4 is 34.8 Å². The van der Waals surface area contributed by atoms with E-state index in [4.69, 9.17) is 27.5 Å². The summed E-state index contributed by atoms with van der Waals surface area (Å²) in [6.07, 6.45) is 4.75. The van der Waals surface area contributed by atoms with Crippen LogP contribution in [0.25, 0.3) is 0 Å². The average Bonchev–Trinajstić information content (AvgIpc) is 2.24. The molecule has 0 atom stereocenters. The van der Waals surface area contributed by atoms with Gasteiger partial charge in [-0.3, -0.25) is 0 Å². The highest BCUT2D eigenvalue weighted by Crippen LogP contribution is 2.02. The smallest absolute Gasteiger partial charge is 0.293 e. The Labute approximate surface area is 107 Å². The number of hydrogen-bond donors (Lipinski definition) is 1. The minimum absolute atomic E-state index is 0.0685. The number of ether oxygens (including phenoxy) is 1. The molecule has 0 aliphatic rings. The molecule has 0 aromatic heterocycles. The van der Waals surface area contributed by atoms with Gasteiger partial charge in [0.1, 0.15) is 6.61 Å².